The maximum Gasteiger partial charge on any atom is 0.231 e. The van der Waals surface area contributed by atoms with Crippen molar-refractivity contribution >= 4 is 39.0 Å². The highest BCUT2D eigenvalue weighted by Crippen LogP contribution is 2.24. The number of thiazole rings is 1. The lowest BCUT2D eigenvalue weighted by Gasteiger charge is -1.99. The number of nitrogens with zero attached hydrogens (tertiary/aromatic N) is 3. The number of amides is 1. The predicted octanol–water partition coefficient (Wildman–Crippen LogP) is 3.63. The molecule has 2 aromatic heterocycles. The summed E-state index contributed by atoms with van der Waals surface area (Å²) in [6.45, 7) is 0. The van der Waals surface area contributed by atoms with Gasteiger partial charge in [0, 0.05) is 24.1 Å². The Balaban J connectivity index is 1.68. The number of halogens is 2. The molecular formula is C15H12BrFN4OS. The van der Waals surface area contributed by atoms with Gasteiger partial charge >= 0.3 is 0 Å². The average molecular weight is 395 g/mol. The molecule has 0 spiro atoms. The summed E-state index contributed by atoms with van der Waals surface area (Å²) in [5, 5.41) is 9.33. The number of anilines is 1. The molecule has 1 amide bonds. The molecule has 0 atom stereocenters. The number of hydrogen-bond acceptors (Lipinski definition) is 4. The number of benzene rings is 1. The summed E-state index contributed by atoms with van der Waals surface area (Å²) in [7, 11) is 1.77. The van der Waals surface area contributed by atoms with E-state index >= 15 is 0 Å². The molecule has 23 heavy (non-hydrogen) atoms. The SMILES string of the molecule is Cn1nc(NC(=O)Cc2csc(-c3cccc(F)c3)n2)cc1Br. The molecule has 8 heteroatoms. The fraction of sp³-hybridized carbons (Fsp3) is 0.133. The number of aromatic nitrogens is 3. The molecule has 0 aliphatic heterocycles. The minimum atomic E-state index is -0.308. The normalized spacial score (nSPS) is 10.7. The molecule has 0 unspecified atom stereocenters. The van der Waals surface area contributed by atoms with Gasteiger partial charge in [0.05, 0.1) is 12.1 Å². The van der Waals surface area contributed by atoms with Crippen LogP contribution in [0.5, 0.6) is 0 Å². The molecule has 3 aromatic rings. The quantitative estimate of drug-likeness (QED) is 0.734. The van der Waals surface area contributed by atoms with Crippen molar-refractivity contribution in [2.45, 2.75) is 6.42 Å². The van der Waals surface area contributed by atoms with Crippen molar-refractivity contribution in [2.75, 3.05) is 5.32 Å². The van der Waals surface area contributed by atoms with Gasteiger partial charge in [-0.15, -0.1) is 11.3 Å². The highest BCUT2D eigenvalue weighted by Gasteiger charge is 2.11. The van der Waals surface area contributed by atoms with Crippen LogP contribution in [0.25, 0.3) is 10.6 Å². The van der Waals surface area contributed by atoms with E-state index < -0.39 is 0 Å². The largest absolute Gasteiger partial charge is 0.309 e. The third-order valence-electron chi connectivity index (χ3n) is 3.06. The van der Waals surface area contributed by atoms with E-state index in [-0.39, 0.29) is 18.1 Å². The Bertz CT molecular complexity index is 841. The molecule has 0 aliphatic rings. The van der Waals surface area contributed by atoms with Crippen LogP contribution in [0.1, 0.15) is 5.69 Å². The third kappa shape index (κ3) is 3.83. The lowest BCUT2D eigenvalue weighted by molar-refractivity contribution is -0.115. The zero-order valence-corrected chi connectivity index (χ0v) is 14.5. The smallest absolute Gasteiger partial charge is 0.231 e. The minimum Gasteiger partial charge on any atom is -0.309 e. The van der Waals surface area contributed by atoms with Crippen LogP contribution < -0.4 is 5.32 Å². The highest BCUT2D eigenvalue weighted by molar-refractivity contribution is 9.10. The van der Waals surface area contributed by atoms with E-state index in [2.05, 4.69) is 31.3 Å². The van der Waals surface area contributed by atoms with E-state index in [1.807, 2.05) is 0 Å². The monoisotopic (exact) mass is 394 g/mol. The first-order valence-corrected chi connectivity index (χ1v) is 8.38. The summed E-state index contributed by atoms with van der Waals surface area (Å²) in [4.78, 5) is 16.4. The Morgan fingerprint density at radius 3 is 2.96 bits per heavy atom. The molecule has 1 N–H and O–H groups in total. The molecule has 118 valence electrons. The first-order valence-electron chi connectivity index (χ1n) is 6.71. The van der Waals surface area contributed by atoms with Gasteiger partial charge < -0.3 is 5.32 Å². The fourth-order valence-electron chi connectivity index (χ4n) is 2.00. The molecule has 0 bridgehead atoms. The molecule has 0 aliphatic carbocycles. The van der Waals surface area contributed by atoms with Crippen molar-refractivity contribution in [1.82, 2.24) is 14.8 Å². The van der Waals surface area contributed by atoms with E-state index in [0.717, 1.165) is 4.60 Å². The third-order valence-corrected chi connectivity index (χ3v) is 4.74. The van der Waals surface area contributed by atoms with Crippen LogP contribution in [-0.4, -0.2) is 20.7 Å². The van der Waals surface area contributed by atoms with Crippen molar-refractivity contribution in [3.05, 3.63) is 51.8 Å². The number of nitrogens with one attached hydrogen (secondary N) is 1. The summed E-state index contributed by atoms with van der Waals surface area (Å²) in [5.74, 6) is -0.0330. The number of carbonyl (C=O) groups is 1. The standard InChI is InChI=1S/C15H12BrFN4OS/c1-21-12(16)7-13(20-21)19-14(22)6-11-8-23-15(18-11)9-3-2-4-10(17)5-9/h2-5,7-8H,6H2,1H3,(H,19,20,22). The molecule has 0 saturated carbocycles. The molecule has 2 heterocycles. The topological polar surface area (TPSA) is 59.8 Å². The van der Waals surface area contributed by atoms with Crippen molar-refractivity contribution in [2.24, 2.45) is 7.05 Å². The first kappa shape index (κ1) is 15.8. The van der Waals surface area contributed by atoms with Crippen LogP contribution >= 0.6 is 27.3 Å². The van der Waals surface area contributed by atoms with E-state index in [0.29, 0.717) is 22.1 Å². The number of carbonyl (C=O) groups excluding carboxylic acids is 1. The van der Waals surface area contributed by atoms with E-state index in [4.69, 9.17) is 0 Å². The van der Waals surface area contributed by atoms with Gasteiger partial charge in [-0.2, -0.15) is 5.10 Å². The number of rotatable bonds is 4. The summed E-state index contributed by atoms with van der Waals surface area (Å²) in [6, 6.07) is 7.95. The van der Waals surface area contributed by atoms with Gasteiger partial charge in [-0.3, -0.25) is 9.48 Å². The van der Waals surface area contributed by atoms with Gasteiger partial charge in [-0.05, 0) is 28.1 Å². The highest BCUT2D eigenvalue weighted by atomic mass is 79.9. The summed E-state index contributed by atoms with van der Waals surface area (Å²) >= 11 is 4.70. The molecule has 1 aromatic carbocycles. The lowest BCUT2D eigenvalue weighted by Crippen LogP contribution is -2.15. The van der Waals surface area contributed by atoms with Crippen LogP contribution in [0.2, 0.25) is 0 Å². The molecule has 0 radical (unpaired) electrons. The predicted molar refractivity (Wildman–Crippen MR) is 90.7 cm³/mol. The molecule has 0 fully saturated rings. The molecule has 5 nitrogen and oxygen atoms in total. The summed E-state index contributed by atoms with van der Waals surface area (Å²) in [5.41, 5.74) is 1.34. The van der Waals surface area contributed by atoms with Crippen LogP contribution in [0.4, 0.5) is 10.2 Å². The van der Waals surface area contributed by atoms with Crippen molar-refractivity contribution in [3.63, 3.8) is 0 Å². The van der Waals surface area contributed by atoms with Crippen LogP contribution in [-0.2, 0) is 18.3 Å². The maximum atomic E-state index is 13.2. The van der Waals surface area contributed by atoms with Gasteiger partial charge in [-0.1, -0.05) is 12.1 Å². The zero-order valence-electron chi connectivity index (χ0n) is 12.1. The molecule has 0 saturated heterocycles. The van der Waals surface area contributed by atoms with Gasteiger partial charge in [0.2, 0.25) is 5.91 Å². The average Bonchev–Trinajstić information content (AvgIpc) is 3.06. The number of aryl methyl sites for hydroxylation is 1. The zero-order chi connectivity index (χ0) is 16.4. The van der Waals surface area contributed by atoms with Crippen molar-refractivity contribution in [1.29, 1.82) is 0 Å². The van der Waals surface area contributed by atoms with Crippen LogP contribution in [0.3, 0.4) is 0 Å². The molecule has 3 rings (SSSR count). The summed E-state index contributed by atoms with van der Waals surface area (Å²) in [6.07, 6.45) is 0.139. The first-order chi connectivity index (χ1) is 11.0. The van der Waals surface area contributed by atoms with E-state index in [1.165, 1.54) is 23.5 Å². The number of hydrogen-bond donors (Lipinski definition) is 1. The van der Waals surface area contributed by atoms with Gasteiger partial charge in [-0.25, -0.2) is 9.37 Å². The van der Waals surface area contributed by atoms with Crippen molar-refractivity contribution in [3.8, 4) is 10.6 Å². The summed E-state index contributed by atoms with van der Waals surface area (Å²) < 4.78 is 15.6. The van der Waals surface area contributed by atoms with Gasteiger partial charge in [0.25, 0.3) is 0 Å². The Hall–Kier alpha value is -2.06. The second-order valence-corrected chi connectivity index (χ2v) is 6.53. The van der Waals surface area contributed by atoms with E-state index in [1.54, 1.807) is 35.3 Å². The second kappa shape index (κ2) is 6.59. The Labute approximate surface area is 144 Å². The van der Waals surface area contributed by atoms with Crippen molar-refractivity contribution < 1.29 is 9.18 Å². The van der Waals surface area contributed by atoms with E-state index in [9.17, 15) is 9.18 Å². The minimum absolute atomic E-state index is 0.139. The Morgan fingerprint density at radius 1 is 1.43 bits per heavy atom. The Kier molecular flexibility index (Phi) is 4.53. The van der Waals surface area contributed by atoms with Gasteiger partial charge in [0.15, 0.2) is 5.82 Å². The van der Waals surface area contributed by atoms with Crippen LogP contribution in [0, 0.1) is 5.82 Å². The maximum absolute atomic E-state index is 13.2. The van der Waals surface area contributed by atoms with Crippen LogP contribution in [0.15, 0.2) is 40.3 Å². The fourth-order valence-corrected chi connectivity index (χ4v) is 3.11. The lowest BCUT2D eigenvalue weighted by atomic mass is 10.2. The second-order valence-electron chi connectivity index (χ2n) is 4.86. The van der Waals surface area contributed by atoms with Gasteiger partial charge in [0.1, 0.15) is 15.4 Å². The Morgan fingerprint density at radius 2 is 2.26 bits per heavy atom. The molecular weight excluding hydrogens is 383 g/mol.